The van der Waals surface area contributed by atoms with E-state index in [1.165, 1.54) is 12.3 Å². The Bertz CT molecular complexity index is 803. The Hall–Kier alpha value is -0.870. The van der Waals surface area contributed by atoms with E-state index in [1.54, 1.807) is 20.8 Å². The van der Waals surface area contributed by atoms with E-state index < -0.39 is 42.5 Å². The third-order valence-corrected chi connectivity index (χ3v) is 5.66. The van der Waals surface area contributed by atoms with Gasteiger partial charge in [0.05, 0.1) is 11.7 Å². The van der Waals surface area contributed by atoms with Crippen LogP contribution in [0.25, 0.3) is 0 Å². The van der Waals surface area contributed by atoms with Crippen molar-refractivity contribution in [1.82, 2.24) is 9.55 Å². The maximum atomic E-state index is 12.2. The molecule has 160 valence electrons. The lowest BCUT2D eigenvalue weighted by Gasteiger charge is -2.31. The summed E-state index contributed by atoms with van der Waals surface area (Å²) < 4.78 is 18.3. The number of rotatable bonds is 5. The summed E-state index contributed by atoms with van der Waals surface area (Å²) in [5.74, 6) is 0.0669. The number of aliphatic hydroxyl groups is 1. The van der Waals surface area contributed by atoms with Crippen LogP contribution < -0.4 is 11.4 Å². The van der Waals surface area contributed by atoms with Crippen molar-refractivity contribution in [3.63, 3.8) is 0 Å². The molecule has 11 heteroatoms. The minimum atomic E-state index is -3.67. The lowest BCUT2D eigenvalue weighted by atomic mass is 9.87. The first-order chi connectivity index (χ1) is 12.6. The van der Waals surface area contributed by atoms with Crippen LogP contribution in [-0.2, 0) is 25.6 Å². The molecule has 0 saturated carbocycles. The molecular weight excluding hydrogens is 405 g/mol. The van der Waals surface area contributed by atoms with Crippen molar-refractivity contribution < 1.29 is 23.8 Å². The van der Waals surface area contributed by atoms with Crippen LogP contribution in [0.3, 0.4) is 0 Å². The Morgan fingerprint density at radius 2 is 1.96 bits per heavy atom. The fourth-order valence-corrected chi connectivity index (χ4v) is 5.26. The first-order valence-corrected chi connectivity index (χ1v) is 11.6. The van der Waals surface area contributed by atoms with Crippen LogP contribution >= 0.6 is 6.72 Å². The number of aliphatic hydroxyl groups excluding tert-OH is 1. The van der Waals surface area contributed by atoms with E-state index in [4.69, 9.17) is 31.3 Å². The van der Waals surface area contributed by atoms with Crippen molar-refractivity contribution in [2.75, 3.05) is 5.73 Å². The van der Waals surface area contributed by atoms with E-state index in [2.05, 4.69) is 4.98 Å². The molecule has 28 heavy (non-hydrogen) atoms. The van der Waals surface area contributed by atoms with Crippen molar-refractivity contribution in [2.45, 2.75) is 78.1 Å². The molecule has 0 radical (unpaired) electrons. The average molecular weight is 435 g/mol. The van der Waals surface area contributed by atoms with Gasteiger partial charge in [-0.15, -0.1) is 0 Å². The van der Waals surface area contributed by atoms with Gasteiger partial charge in [0.2, 0.25) is 0 Å². The van der Waals surface area contributed by atoms with E-state index in [9.17, 15) is 14.8 Å². The van der Waals surface area contributed by atoms with Crippen LogP contribution in [0, 0.1) is 5.41 Å². The highest BCUT2D eigenvalue weighted by Crippen LogP contribution is 2.52. The van der Waals surface area contributed by atoms with Gasteiger partial charge in [0.1, 0.15) is 18.0 Å². The zero-order valence-corrected chi connectivity index (χ0v) is 18.7. The fourth-order valence-electron chi connectivity index (χ4n) is 2.99. The highest BCUT2D eigenvalue weighted by atomic mass is 32.5. The molecule has 1 fully saturated rings. The maximum Gasteiger partial charge on any atom is 0.351 e. The topological polar surface area (TPSA) is 129 Å². The third-order valence-electron chi connectivity index (χ3n) is 3.89. The fraction of sp³-hybridized carbons (Fsp3) is 0.765. The molecular formula is C17H30N3O6PS. The molecule has 2 unspecified atom stereocenters. The predicted molar refractivity (Wildman–Crippen MR) is 109 cm³/mol. The lowest BCUT2D eigenvalue weighted by molar-refractivity contribution is -0.0499. The monoisotopic (exact) mass is 435 g/mol. The predicted octanol–water partition coefficient (Wildman–Crippen LogP) is 1.94. The molecule has 9 nitrogen and oxygen atoms in total. The van der Waals surface area contributed by atoms with E-state index in [1.807, 2.05) is 20.8 Å². The number of anilines is 1. The standard InChI is InChI=1S/C17H30N3O6PS/c1-16(2,3)9-10-13(25-27(23,28)26-17(4,5)6)12(21)14(24-10)20-8-7-11(18)19-15(20)22/h7-8,10,12-14,21H,9H2,1-6H3,(H,23,28)(H2,18,19,22)/t10-,12?,13+,14-,27?/m1/s1. The summed E-state index contributed by atoms with van der Waals surface area (Å²) in [5, 5.41) is 10.9. The second-order valence-corrected chi connectivity index (χ2v) is 11.8. The summed E-state index contributed by atoms with van der Waals surface area (Å²) in [7, 11) is 0. The molecule has 0 amide bonds. The second-order valence-electron chi connectivity index (χ2n) is 9.10. The molecule has 0 aromatic carbocycles. The largest absolute Gasteiger partial charge is 0.386 e. The van der Waals surface area contributed by atoms with Crippen LogP contribution in [0.5, 0.6) is 0 Å². The SMILES string of the molecule is CC(C)(C)C[C@H]1O[C@@H](n2ccc(N)nc2=O)C(O)[C@H]1OP(O)(=S)OC(C)(C)C. The van der Waals surface area contributed by atoms with Gasteiger partial charge < -0.3 is 25.0 Å². The van der Waals surface area contributed by atoms with Crippen LogP contribution in [0.2, 0.25) is 0 Å². The number of ether oxygens (including phenoxy) is 1. The number of hydrogen-bond donors (Lipinski definition) is 3. The summed E-state index contributed by atoms with van der Waals surface area (Å²) in [6.45, 7) is 7.56. The van der Waals surface area contributed by atoms with Gasteiger partial charge in [-0.1, -0.05) is 20.8 Å². The molecule has 4 N–H and O–H groups in total. The Balaban J connectivity index is 2.34. The van der Waals surface area contributed by atoms with Crippen LogP contribution in [0.1, 0.15) is 54.2 Å². The van der Waals surface area contributed by atoms with Gasteiger partial charge in [0, 0.05) is 6.20 Å². The van der Waals surface area contributed by atoms with Crippen LogP contribution in [0.4, 0.5) is 5.82 Å². The summed E-state index contributed by atoms with van der Waals surface area (Å²) in [6, 6.07) is 1.43. The number of hydrogen-bond acceptors (Lipinski definition) is 8. The first kappa shape index (κ1) is 23.4. The Labute approximate surface area is 170 Å². The minimum absolute atomic E-state index is 0.0669. The van der Waals surface area contributed by atoms with E-state index in [0.717, 1.165) is 4.57 Å². The smallest absolute Gasteiger partial charge is 0.351 e. The Kier molecular flexibility index (Phi) is 6.77. The molecule has 1 aromatic heterocycles. The average Bonchev–Trinajstić information content (AvgIpc) is 2.71. The molecule has 1 aliphatic heterocycles. The highest BCUT2D eigenvalue weighted by Gasteiger charge is 2.49. The lowest BCUT2D eigenvalue weighted by Crippen LogP contribution is -2.38. The van der Waals surface area contributed by atoms with Gasteiger partial charge in [0.25, 0.3) is 0 Å². The van der Waals surface area contributed by atoms with Gasteiger partial charge in [-0.3, -0.25) is 9.09 Å². The molecule has 1 saturated heterocycles. The third kappa shape index (κ3) is 6.32. The summed E-state index contributed by atoms with van der Waals surface area (Å²) >= 11 is 5.13. The maximum absolute atomic E-state index is 12.2. The molecule has 0 bridgehead atoms. The first-order valence-electron chi connectivity index (χ1n) is 8.98. The summed E-state index contributed by atoms with van der Waals surface area (Å²) in [4.78, 5) is 26.4. The van der Waals surface area contributed by atoms with E-state index in [-0.39, 0.29) is 11.2 Å². The van der Waals surface area contributed by atoms with Crippen molar-refractivity contribution in [2.24, 2.45) is 5.41 Å². The molecule has 2 rings (SSSR count). The van der Waals surface area contributed by atoms with Crippen molar-refractivity contribution in [1.29, 1.82) is 0 Å². The second kappa shape index (κ2) is 8.10. The quantitative estimate of drug-likeness (QED) is 0.594. The van der Waals surface area contributed by atoms with Crippen LogP contribution in [0.15, 0.2) is 17.1 Å². The highest BCUT2D eigenvalue weighted by molar-refractivity contribution is 8.07. The van der Waals surface area contributed by atoms with Gasteiger partial charge in [-0.25, -0.2) is 4.79 Å². The minimum Gasteiger partial charge on any atom is -0.386 e. The van der Waals surface area contributed by atoms with Crippen molar-refractivity contribution >= 4 is 24.3 Å². The molecule has 2 heterocycles. The van der Waals surface area contributed by atoms with E-state index in [0.29, 0.717) is 6.42 Å². The normalized spacial score (nSPS) is 28.3. The summed E-state index contributed by atoms with van der Waals surface area (Å²) in [5.41, 5.74) is 3.97. The molecule has 1 aliphatic rings. The zero-order chi connectivity index (χ0) is 21.5. The van der Waals surface area contributed by atoms with Crippen LogP contribution in [-0.4, -0.2) is 43.5 Å². The number of nitrogens with two attached hydrogens (primary N) is 1. The van der Waals surface area contributed by atoms with Crippen molar-refractivity contribution in [3.05, 3.63) is 22.7 Å². The van der Waals surface area contributed by atoms with E-state index >= 15 is 0 Å². The van der Waals surface area contributed by atoms with Crippen molar-refractivity contribution in [3.8, 4) is 0 Å². The molecule has 5 atom stereocenters. The molecule has 0 aliphatic carbocycles. The molecule has 1 aromatic rings. The number of nitrogens with zero attached hydrogens (tertiary/aromatic N) is 2. The van der Waals surface area contributed by atoms with Gasteiger partial charge in [0.15, 0.2) is 6.23 Å². The summed E-state index contributed by atoms with van der Waals surface area (Å²) in [6.07, 6.45) is -2.03. The van der Waals surface area contributed by atoms with Gasteiger partial charge >= 0.3 is 12.4 Å². The van der Waals surface area contributed by atoms with Gasteiger partial charge in [-0.05, 0) is 50.5 Å². The number of nitrogen functional groups attached to an aromatic ring is 1. The Morgan fingerprint density at radius 3 is 2.46 bits per heavy atom. The Morgan fingerprint density at radius 1 is 1.36 bits per heavy atom. The zero-order valence-electron chi connectivity index (χ0n) is 17.0. The van der Waals surface area contributed by atoms with Gasteiger partial charge in [-0.2, -0.15) is 4.98 Å². The molecule has 0 spiro atoms. The number of aromatic nitrogens is 2.